The number of nitrogens with zero attached hydrogens (tertiary/aromatic N) is 2. The molecule has 1 aromatic heterocycles. The molecule has 0 aliphatic carbocycles. The van der Waals surface area contributed by atoms with E-state index in [2.05, 4.69) is 4.98 Å². The number of anilines is 1. The molecule has 21 heavy (non-hydrogen) atoms. The molecule has 0 bridgehead atoms. The zero-order valence-corrected chi connectivity index (χ0v) is 12.0. The highest BCUT2D eigenvalue weighted by Crippen LogP contribution is 2.45. The van der Waals surface area contributed by atoms with Crippen LogP contribution in [0.15, 0.2) is 24.5 Å². The van der Waals surface area contributed by atoms with Gasteiger partial charge in [0.15, 0.2) is 11.5 Å². The minimum atomic E-state index is 0.310. The Bertz CT molecular complexity index is 708. The first kappa shape index (κ1) is 14.5. The normalized spacial score (nSPS) is 9.81. The van der Waals surface area contributed by atoms with Crippen molar-refractivity contribution in [3.63, 3.8) is 0 Å². The van der Waals surface area contributed by atoms with Gasteiger partial charge in [-0.25, -0.2) is 0 Å². The van der Waals surface area contributed by atoms with Crippen molar-refractivity contribution < 1.29 is 14.2 Å². The lowest BCUT2D eigenvalue weighted by Gasteiger charge is -2.16. The molecule has 2 aromatic rings. The van der Waals surface area contributed by atoms with Crippen molar-refractivity contribution >= 4 is 5.69 Å². The van der Waals surface area contributed by atoms with Gasteiger partial charge in [0, 0.05) is 23.5 Å². The average Bonchev–Trinajstić information content (AvgIpc) is 2.53. The molecule has 0 aliphatic heterocycles. The summed E-state index contributed by atoms with van der Waals surface area (Å²) in [4.78, 5) is 4.04. The summed E-state index contributed by atoms with van der Waals surface area (Å²) in [5.41, 5.74) is 7.96. The quantitative estimate of drug-likeness (QED) is 0.926. The van der Waals surface area contributed by atoms with E-state index < -0.39 is 0 Å². The number of pyridine rings is 1. The second kappa shape index (κ2) is 6.01. The Hall–Kier alpha value is -2.94. The van der Waals surface area contributed by atoms with Crippen molar-refractivity contribution in [1.29, 1.82) is 5.26 Å². The molecule has 108 valence electrons. The Labute approximate surface area is 122 Å². The summed E-state index contributed by atoms with van der Waals surface area (Å²) in [7, 11) is 4.60. The molecular formula is C15H15N3O3. The molecule has 1 aromatic carbocycles. The van der Waals surface area contributed by atoms with E-state index in [9.17, 15) is 0 Å². The smallest absolute Gasteiger partial charge is 0.203 e. The van der Waals surface area contributed by atoms with Gasteiger partial charge in [-0.3, -0.25) is 4.98 Å². The number of rotatable bonds is 4. The molecule has 0 aliphatic rings. The van der Waals surface area contributed by atoms with E-state index in [0.29, 0.717) is 39.6 Å². The molecule has 0 saturated carbocycles. The molecule has 0 unspecified atom stereocenters. The maximum absolute atomic E-state index is 9.05. The van der Waals surface area contributed by atoms with E-state index in [0.717, 1.165) is 0 Å². The highest BCUT2D eigenvalue weighted by atomic mass is 16.5. The predicted octanol–water partition coefficient (Wildman–Crippen LogP) is 2.23. The third kappa shape index (κ3) is 2.41. The number of hydrogen-bond donors (Lipinski definition) is 1. The minimum Gasteiger partial charge on any atom is -0.493 e. The predicted molar refractivity (Wildman–Crippen MR) is 78.5 cm³/mol. The van der Waals surface area contributed by atoms with Gasteiger partial charge in [0.1, 0.15) is 6.07 Å². The minimum absolute atomic E-state index is 0.310. The number of nitriles is 1. The molecule has 1 heterocycles. The number of benzene rings is 1. The molecule has 0 saturated heterocycles. The van der Waals surface area contributed by atoms with Gasteiger partial charge < -0.3 is 19.9 Å². The Kier molecular flexibility index (Phi) is 4.14. The van der Waals surface area contributed by atoms with Crippen LogP contribution in [0.25, 0.3) is 11.1 Å². The molecule has 0 atom stereocenters. The van der Waals surface area contributed by atoms with E-state index in [1.54, 1.807) is 25.4 Å². The van der Waals surface area contributed by atoms with Crippen LogP contribution in [0.1, 0.15) is 5.56 Å². The third-order valence-corrected chi connectivity index (χ3v) is 3.10. The number of ether oxygens (including phenoxy) is 3. The average molecular weight is 285 g/mol. The number of nitrogens with two attached hydrogens (primary N) is 1. The molecule has 6 nitrogen and oxygen atoms in total. The van der Waals surface area contributed by atoms with Gasteiger partial charge in [0.25, 0.3) is 0 Å². The van der Waals surface area contributed by atoms with Gasteiger partial charge in [0.05, 0.1) is 32.6 Å². The van der Waals surface area contributed by atoms with Gasteiger partial charge in [-0.05, 0) is 12.1 Å². The summed E-state index contributed by atoms with van der Waals surface area (Å²) in [6.07, 6.45) is 3.01. The Morgan fingerprint density at radius 3 is 2.29 bits per heavy atom. The third-order valence-electron chi connectivity index (χ3n) is 3.10. The summed E-state index contributed by atoms with van der Waals surface area (Å²) in [5, 5.41) is 9.05. The Morgan fingerprint density at radius 2 is 1.71 bits per heavy atom. The number of nitrogen functional groups attached to an aromatic ring is 1. The second-order valence-electron chi connectivity index (χ2n) is 4.14. The van der Waals surface area contributed by atoms with E-state index in [1.807, 2.05) is 6.07 Å². The van der Waals surface area contributed by atoms with Crippen LogP contribution in [0.4, 0.5) is 5.69 Å². The van der Waals surface area contributed by atoms with Gasteiger partial charge >= 0.3 is 0 Å². The molecular weight excluding hydrogens is 270 g/mol. The number of hydrogen-bond acceptors (Lipinski definition) is 6. The van der Waals surface area contributed by atoms with Crippen LogP contribution in [-0.2, 0) is 0 Å². The lowest BCUT2D eigenvalue weighted by Crippen LogP contribution is -2.00. The van der Waals surface area contributed by atoms with Crippen LogP contribution < -0.4 is 19.9 Å². The van der Waals surface area contributed by atoms with Crippen LogP contribution in [0, 0.1) is 11.3 Å². The van der Waals surface area contributed by atoms with E-state index in [1.165, 1.54) is 20.4 Å². The maximum atomic E-state index is 9.05. The highest BCUT2D eigenvalue weighted by Gasteiger charge is 2.19. The standard InChI is InChI=1S/C15H15N3O3/c1-19-12-5-4-10(14(20-2)15(12)21-3)11-8-18-7-9(6-16)13(11)17/h4-5,7-8H,1-3H3,(H2,17,18). The van der Waals surface area contributed by atoms with Crippen LogP contribution >= 0.6 is 0 Å². The lowest BCUT2D eigenvalue weighted by atomic mass is 10.0. The van der Waals surface area contributed by atoms with E-state index in [4.69, 9.17) is 25.2 Å². The molecule has 6 heteroatoms. The summed E-state index contributed by atoms with van der Waals surface area (Å²) in [5.74, 6) is 1.47. The molecule has 0 radical (unpaired) electrons. The van der Waals surface area contributed by atoms with Crippen molar-refractivity contribution in [1.82, 2.24) is 4.98 Å². The fourth-order valence-corrected chi connectivity index (χ4v) is 2.09. The van der Waals surface area contributed by atoms with Crippen LogP contribution in [0.5, 0.6) is 17.2 Å². The Balaban J connectivity index is 2.73. The van der Waals surface area contributed by atoms with Crippen molar-refractivity contribution in [2.75, 3.05) is 27.1 Å². The Morgan fingerprint density at radius 1 is 1.00 bits per heavy atom. The number of methoxy groups -OCH3 is 3. The fraction of sp³-hybridized carbons (Fsp3) is 0.200. The molecule has 2 rings (SSSR count). The molecule has 0 fully saturated rings. The first-order valence-electron chi connectivity index (χ1n) is 6.10. The van der Waals surface area contributed by atoms with Crippen molar-refractivity contribution in [2.45, 2.75) is 0 Å². The second-order valence-corrected chi connectivity index (χ2v) is 4.14. The highest BCUT2D eigenvalue weighted by molar-refractivity contribution is 5.85. The van der Waals surface area contributed by atoms with Gasteiger partial charge in [-0.15, -0.1) is 0 Å². The van der Waals surface area contributed by atoms with Crippen LogP contribution in [-0.4, -0.2) is 26.3 Å². The number of aromatic nitrogens is 1. The van der Waals surface area contributed by atoms with E-state index in [-0.39, 0.29) is 0 Å². The summed E-state index contributed by atoms with van der Waals surface area (Å²) >= 11 is 0. The summed E-state index contributed by atoms with van der Waals surface area (Å²) in [6.45, 7) is 0. The topological polar surface area (TPSA) is 90.4 Å². The van der Waals surface area contributed by atoms with Gasteiger partial charge in [-0.1, -0.05) is 0 Å². The van der Waals surface area contributed by atoms with Crippen molar-refractivity contribution in [2.24, 2.45) is 0 Å². The van der Waals surface area contributed by atoms with Crippen molar-refractivity contribution in [3.05, 3.63) is 30.1 Å². The van der Waals surface area contributed by atoms with E-state index >= 15 is 0 Å². The molecule has 0 spiro atoms. The summed E-state index contributed by atoms with van der Waals surface area (Å²) in [6, 6.07) is 5.54. The monoisotopic (exact) mass is 285 g/mol. The van der Waals surface area contributed by atoms with Gasteiger partial charge in [0.2, 0.25) is 5.75 Å². The zero-order chi connectivity index (χ0) is 15.4. The first-order valence-corrected chi connectivity index (χ1v) is 6.10. The van der Waals surface area contributed by atoms with Crippen LogP contribution in [0.3, 0.4) is 0 Å². The molecule has 2 N–H and O–H groups in total. The lowest BCUT2D eigenvalue weighted by molar-refractivity contribution is 0.325. The maximum Gasteiger partial charge on any atom is 0.203 e. The first-order chi connectivity index (χ1) is 10.2. The van der Waals surface area contributed by atoms with Crippen molar-refractivity contribution in [3.8, 4) is 34.4 Å². The molecule has 0 amide bonds. The summed E-state index contributed by atoms with van der Waals surface area (Å²) < 4.78 is 16.0. The SMILES string of the molecule is COc1ccc(-c2cncc(C#N)c2N)c(OC)c1OC. The zero-order valence-electron chi connectivity index (χ0n) is 12.0. The van der Waals surface area contributed by atoms with Gasteiger partial charge in [-0.2, -0.15) is 5.26 Å². The van der Waals surface area contributed by atoms with Crippen LogP contribution in [0.2, 0.25) is 0 Å². The fourth-order valence-electron chi connectivity index (χ4n) is 2.09. The largest absolute Gasteiger partial charge is 0.493 e.